The molecule has 1 aromatic carbocycles. The summed E-state index contributed by atoms with van der Waals surface area (Å²) in [4.78, 5) is 3.93. The Morgan fingerprint density at radius 3 is 2.88 bits per heavy atom. The molecule has 0 spiro atoms. The Balaban J connectivity index is 2.57. The Morgan fingerprint density at radius 1 is 1.53 bits per heavy atom. The molecule has 0 aliphatic rings. The number of methoxy groups -OCH3 is 1. The van der Waals surface area contributed by atoms with Gasteiger partial charge >= 0.3 is 0 Å². The van der Waals surface area contributed by atoms with Crippen LogP contribution in [-0.4, -0.2) is 22.4 Å². The van der Waals surface area contributed by atoms with Gasteiger partial charge in [0.1, 0.15) is 22.9 Å². The van der Waals surface area contributed by atoms with Crippen LogP contribution in [0.5, 0.6) is 11.5 Å². The molecule has 0 atom stereocenters. The lowest BCUT2D eigenvalue weighted by Gasteiger charge is -2.06. The monoisotopic (exact) mass is 239 g/mol. The highest BCUT2D eigenvalue weighted by molar-refractivity contribution is 5.71. The van der Waals surface area contributed by atoms with Crippen molar-refractivity contribution in [3.63, 3.8) is 0 Å². The van der Waals surface area contributed by atoms with Crippen molar-refractivity contribution in [2.45, 2.75) is 6.54 Å². The van der Waals surface area contributed by atoms with Crippen LogP contribution in [-0.2, 0) is 6.54 Å². The molecule has 6 nitrogen and oxygen atoms in total. The molecule has 0 saturated carbocycles. The second-order valence-corrected chi connectivity index (χ2v) is 3.22. The van der Waals surface area contributed by atoms with Gasteiger partial charge in [0, 0.05) is 12.1 Å². The molecule has 17 heavy (non-hydrogen) atoms. The van der Waals surface area contributed by atoms with Crippen LogP contribution < -0.4 is 10.5 Å². The molecule has 0 unspecified atom stereocenters. The van der Waals surface area contributed by atoms with E-state index in [9.17, 15) is 9.50 Å². The Labute approximate surface area is 95.8 Å². The molecule has 2 rings (SSSR count). The van der Waals surface area contributed by atoms with Crippen molar-refractivity contribution < 1.29 is 18.8 Å². The minimum absolute atomic E-state index is 0.0806. The molecule has 0 fully saturated rings. The third-order valence-electron chi connectivity index (χ3n) is 2.13. The summed E-state index contributed by atoms with van der Waals surface area (Å²) in [6.45, 7) is 0.0806. The SMILES string of the molecule is COc1cc(F)cc(O)c1-c1noc(CN)n1. The van der Waals surface area contributed by atoms with E-state index in [0.29, 0.717) is 0 Å². The highest BCUT2D eigenvalue weighted by Gasteiger charge is 2.18. The summed E-state index contributed by atoms with van der Waals surface area (Å²) in [5, 5.41) is 13.3. The largest absolute Gasteiger partial charge is 0.507 e. The highest BCUT2D eigenvalue weighted by atomic mass is 19.1. The Bertz CT molecular complexity index is 542. The summed E-state index contributed by atoms with van der Waals surface area (Å²) in [6.07, 6.45) is 0. The van der Waals surface area contributed by atoms with Crippen molar-refractivity contribution in [1.82, 2.24) is 10.1 Å². The number of nitrogens with two attached hydrogens (primary N) is 1. The minimum atomic E-state index is -0.620. The molecule has 7 heteroatoms. The summed E-state index contributed by atoms with van der Waals surface area (Å²) in [5.74, 6) is -0.519. The van der Waals surface area contributed by atoms with Crippen molar-refractivity contribution in [1.29, 1.82) is 0 Å². The van der Waals surface area contributed by atoms with Crippen molar-refractivity contribution in [3.05, 3.63) is 23.8 Å². The molecule has 0 aliphatic heterocycles. The predicted molar refractivity (Wildman–Crippen MR) is 55.8 cm³/mol. The number of ether oxygens (including phenoxy) is 1. The van der Waals surface area contributed by atoms with E-state index >= 15 is 0 Å². The number of nitrogens with zero attached hydrogens (tertiary/aromatic N) is 2. The molecule has 3 N–H and O–H groups in total. The van der Waals surface area contributed by atoms with Crippen LogP contribution in [0.2, 0.25) is 0 Å². The first-order chi connectivity index (χ1) is 8.15. The van der Waals surface area contributed by atoms with Gasteiger partial charge in [-0.05, 0) is 0 Å². The Hall–Kier alpha value is -2.15. The average Bonchev–Trinajstić information content (AvgIpc) is 2.76. The van der Waals surface area contributed by atoms with Gasteiger partial charge in [-0.1, -0.05) is 5.16 Å². The molecule has 0 bridgehead atoms. The second-order valence-electron chi connectivity index (χ2n) is 3.22. The maximum Gasteiger partial charge on any atom is 0.240 e. The summed E-state index contributed by atoms with van der Waals surface area (Å²) < 4.78 is 22.8. The van der Waals surface area contributed by atoms with Crippen molar-refractivity contribution in [3.8, 4) is 22.9 Å². The topological polar surface area (TPSA) is 94.4 Å². The smallest absolute Gasteiger partial charge is 0.240 e. The van der Waals surface area contributed by atoms with Crippen LogP contribution in [0.1, 0.15) is 5.89 Å². The van der Waals surface area contributed by atoms with Gasteiger partial charge in [-0.15, -0.1) is 0 Å². The van der Waals surface area contributed by atoms with E-state index in [4.69, 9.17) is 15.0 Å². The number of benzene rings is 1. The quantitative estimate of drug-likeness (QED) is 0.831. The molecule has 90 valence electrons. The average molecular weight is 239 g/mol. The normalized spacial score (nSPS) is 10.5. The van der Waals surface area contributed by atoms with Gasteiger partial charge in [0.15, 0.2) is 0 Å². The van der Waals surface area contributed by atoms with E-state index < -0.39 is 5.82 Å². The highest BCUT2D eigenvalue weighted by Crippen LogP contribution is 2.36. The predicted octanol–water partition coefficient (Wildman–Crippen LogP) is 1.05. The van der Waals surface area contributed by atoms with E-state index in [1.165, 1.54) is 7.11 Å². The van der Waals surface area contributed by atoms with Crippen LogP contribution in [0.25, 0.3) is 11.4 Å². The fourth-order valence-corrected chi connectivity index (χ4v) is 1.39. The fourth-order valence-electron chi connectivity index (χ4n) is 1.39. The summed E-state index contributed by atoms with van der Waals surface area (Å²) in [7, 11) is 1.35. The van der Waals surface area contributed by atoms with Crippen LogP contribution in [0.3, 0.4) is 0 Å². The van der Waals surface area contributed by atoms with E-state index in [0.717, 1.165) is 12.1 Å². The molecule has 2 aromatic rings. The van der Waals surface area contributed by atoms with Gasteiger partial charge in [-0.2, -0.15) is 4.98 Å². The fraction of sp³-hybridized carbons (Fsp3) is 0.200. The molecular weight excluding hydrogens is 229 g/mol. The number of hydrogen-bond acceptors (Lipinski definition) is 6. The van der Waals surface area contributed by atoms with Crippen LogP contribution in [0.15, 0.2) is 16.7 Å². The Morgan fingerprint density at radius 2 is 2.29 bits per heavy atom. The number of phenols is 1. The van der Waals surface area contributed by atoms with Crippen molar-refractivity contribution in [2.75, 3.05) is 7.11 Å². The lowest BCUT2D eigenvalue weighted by molar-refractivity contribution is 0.378. The second kappa shape index (κ2) is 4.38. The molecule has 0 saturated heterocycles. The zero-order chi connectivity index (χ0) is 12.4. The number of halogens is 1. The van der Waals surface area contributed by atoms with E-state index in [1.807, 2.05) is 0 Å². The standard InChI is InChI=1S/C10H10FN3O3/c1-16-7-3-5(11)2-6(15)9(7)10-13-8(4-12)17-14-10/h2-3,15H,4,12H2,1H3. The third-order valence-corrected chi connectivity index (χ3v) is 2.13. The van der Waals surface area contributed by atoms with Gasteiger partial charge in [-0.3, -0.25) is 0 Å². The summed E-state index contributed by atoms with van der Waals surface area (Å²) in [5.41, 5.74) is 5.49. The molecule has 0 amide bonds. The number of rotatable bonds is 3. The minimum Gasteiger partial charge on any atom is -0.507 e. The van der Waals surface area contributed by atoms with Crippen LogP contribution >= 0.6 is 0 Å². The first-order valence-corrected chi connectivity index (χ1v) is 4.75. The number of hydrogen-bond donors (Lipinski definition) is 2. The number of aromatic nitrogens is 2. The Kier molecular flexibility index (Phi) is 2.92. The van der Waals surface area contributed by atoms with Gasteiger partial charge in [0.25, 0.3) is 0 Å². The third kappa shape index (κ3) is 2.04. The summed E-state index contributed by atoms with van der Waals surface area (Å²) in [6, 6.07) is 2.06. The van der Waals surface area contributed by atoms with Gasteiger partial charge in [-0.25, -0.2) is 4.39 Å². The molecule has 0 radical (unpaired) electrons. The number of phenolic OH excluding ortho intramolecular Hbond substituents is 1. The maximum absolute atomic E-state index is 13.1. The summed E-state index contributed by atoms with van der Waals surface area (Å²) >= 11 is 0. The van der Waals surface area contributed by atoms with E-state index in [1.54, 1.807) is 0 Å². The first-order valence-electron chi connectivity index (χ1n) is 4.75. The number of aromatic hydroxyl groups is 1. The zero-order valence-electron chi connectivity index (χ0n) is 8.98. The van der Waals surface area contributed by atoms with E-state index in [2.05, 4.69) is 10.1 Å². The zero-order valence-corrected chi connectivity index (χ0v) is 8.98. The van der Waals surface area contributed by atoms with Gasteiger partial charge < -0.3 is 20.1 Å². The van der Waals surface area contributed by atoms with Gasteiger partial charge in [0.05, 0.1) is 13.7 Å². The molecule has 1 aromatic heterocycles. The maximum atomic E-state index is 13.1. The van der Waals surface area contributed by atoms with E-state index in [-0.39, 0.29) is 35.3 Å². The van der Waals surface area contributed by atoms with Crippen molar-refractivity contribution >= 4 is 0 Å². The molecular formula is C10H10FN3O3. The molecule has 1 heterocycles. The lowest BCUT2D eigenvalue weighted by atomic mass is 10.1. The lowest BCUT2D eigenvalue weighted by Crippen LogP contribution is -1.96. The van der Waals surface area contributed by atoms with Crippen LogP contribution in [0.4, 0.5) is 4.39 Å². The van der Waals surface area contributed by atoms with Crippen molar-refractivity contribution in [2.24, 2.45) is 5.73 Å². The molecule has 0 aliphatic carbocycles. The van der Waals surface area contributed by atoms with Gasteiger partial charge in [0.2, 0.25) is 11.7 Å². The van der Waals surface area contributed by atoms with Crippen LogP contribution in [0, 0.1) is 5.82 Å². The first kappa shape index (κ1) is 11.3.